The number of rotatable bonds is 3. The highest BCUT2D eigenvalue weighted by atomic mass is 19.1. The Morgan fingerprint density at radius 2 is 1.95 bits per heavy atom. The van der Waals surface area contributed by atoms with Crippen molar-refractivity contribution >= 4 is 5.91 Å². The molecule has 0 unspecified atom stereocenters. The fraction of sp³-hybridized carbons (Fsp3) is 0.250. The molecule has 4 nitrogen and oxygen atoms in total. The van der Waals surface area contributed by atoms with Gasteiger partial charge >= 0.3 is 0 Å². The summed E-state index contributed by atoms with van der Waals surface area (Å²) in [5.74, 6) is -1.50. The average molecular weight is 304 g/mol. The lowest BCUT2D eigenvalue weighted by atomic mass is 10.0. The van der Waals surface area contributed by atoms with Crippen molar-refractivity contribution in [1.29, 1.82) is 0 Å². The van der Waals surface area contributed by atoms with Gasteiger partial charge in [0.25, 0.3) is 5.91 Å². The monoisotopic (exact) mass is 304 g/mol. The summed E-state index contributed by atoms with van der Waals surface area (Å²) in [7, 11) is 1.54. The Kier molecular flexibility index (Phi) is 3.31. The number of hydrogen-bond acceptors (Lipinski definition) is 2. The number of pyridine rings is 1. The minimum atomic E-state index is -0.863. The van der Waals surface area contributed by atoms with Gasteiger partial charge in [-0.2, -0.15) is 0 Å². The first-order valence-electron chi connectivity index (χ1n) is 6.86. The maximum atomic E-state index is 13.9. The lowest BCUT2D eigenvalue weighted by molar-refractivity contribution is 0.0929. The fourth-order valence-electron chi connectivity index (χ4n) is 2.47. The molecule has 1 fully saturated rings. The van der Waals surface area contributed by atoms with Crippen molar-refractivity contribution in [3.05, 3.63) is 69.6 Å². The molecule has 1 N–H and O–H groups in total. The predicted octanol–water partition coefficient (Wildman–Crippen LogP) is 2.08. The van der Waals surface area contributed by atoms with Gasteiger partial charge in [-0.3, -0.25) is 9.59 Å². The highest BCUT2D eigenvalue weighted by Gasteiger charge is 2.47. The Labute approximate surface area is 125 Å². The Bertz CT molecular complexity index is 810. The van der Waals surface area contributed by atoms with Crippen molar-refractivity contribution in [3.8, 4) is 0 Å². The highest BCUT2D eigenvalue weighted by Crippen LogP contribution is 2.46. The zero-order valence-corrected chi connectivity index (χ0v) is 11.9. The standard InChI is InChI=1S/C16H14F2N2O2/c1-20-9-10(2-5-14(20)21)15(22)19-16(6-7-16)12-8-11(17)3-4-13(12)18/h2-5,8-9H,6-7H2,1H3,(H,19,22). The SMILES string of the molecule is Cn1cc(C(=O)NC2(c3cc(F)ccc3F)CC2)ccc1=O. The second-order valence-electron chi connectivity index (χ2n) is 5.53. The van der Waals surface area contributed by atoms with E-state index in [1.54, 1.807) is 0 Å². The molecule has 1 saturated carbocycles. The third kappa shape index (κ3) is 2.52. The first-order chi connectivity index (χ1) is 10.4. The average Bonchev–Trinajstić information content (AvgIpc) is 3.25. The molecule has 0 atom stereocenters. The van der Waals surface area contributed by atoms with Crippen LogP contribution >= 0.6 is 0 Å². The van der Waals surface area contributed by atoms with Crippen molar-refractivity contribution in [3.63, 3.8) is 0 Å². The minimum Gasteiger partial charge on any atom is -0.342 e. The summed E-state index contributed by atoms with van der Waals surface area (Å²) in [6.45, 7) is 0. The molecule has 2 aromatic rings. The van der Waals surface area contributed by atoms with Crippen LogP contribution < -0.4 is 10.9 Å². The number of halogens is 2. The molecule has 1 aliphatic rings. The van der Waals surface area contributed by atoms with Gasteiger partial charge in [0.2, 0.25) is 5.56 Å². The van der Waals surface area contributed by atoms with E-state index in [0.29, 0.717) is 18.4 Å². The van der Waals surface area contributed by atoms with Crippen molar-refractivity contribution in [1.82, 2.24) is 9.88 Å². The van der Waals surface area contributed by atoms with Crippen molar-refractivity contribution in [2.45, 2.75) is 18.4 Å². The Morgan fingerprint density at radius 1 is 1.23 bits per heavy atom. The third-order valence-corrected chi connectivity index (χ3v) is 3.89. The largest absolute Gasteiger partial charge is 0.342 e. The number of aryl methyl sites for hydroxylation is 1. The summed E-state index contributed by atoms with van der Waals surface area (Å²) >= 11 is 0. The topological polar surface area (TPSA) is 51.1 Å². The van der Waals surface area contributed by atoms with E-state index in [1.807, 2.05) is 0 Å². The highest BCUT2D eigenvalue weighted by molar-refractivity contribution is 5.94. The maximum absolute atomic E-state index is 13.9. The molecule has 3 rings (SSSR count). The number of amides is 1. The number of aromatic nitrogens is 1. The van der Waals surface area contributed by atoms with Gasteiger partial charge in [-0.15, -0.1) is 0 Å². The molecule has 114 valence electrons. The number of benzene rings is 1. The van der Waals surface area contributed by atoms with Crippen LogP contribution in [0.25, 0.3) is 0 Å². The van der Waals surface area contributed by atoms with E-state index in [2.05, 4.69) is 5.32 Å². The van der Waals surface area contributed by atoms with E-state index >= 15 is 0 Å². The van der Waals surface area contributed by atoms with Crippen LogP contribution in [0.2, 0.25) is 0 Å². The minimum absolute atomic E-state index is 0.158. The molecule has 0 radical (unpaired) electrons. The summed E-state index contributed by atoms with van der Waals surface area (Å²) in [6.07, 6.45) is 2.51. The molecular weight excluding hydrogens is 290 g/mol. The Balaban J connectivity index is 1.88. The molecule has 0 bridgehead atoms. The van der Waals surface area contributed by atoms with Gasteiger partial charge in [-0.1, -0.05) is 0 Å². The first kappa shape index (κ1) is 14.4. The van der Waals surface area contributed by atoms with Gasteiger partial charge in [0, 0.05) is 24.9 Å². The number of hydrogen-bond donors (Lipinski definition) is 1. The summed E-state index contributed by atoms with van der Waals surface area (Å²) in [5.41, 5.74) is -0.637. The molecule has 1 aromatic carbocycles. The predicted molar refractivity (Wildman–Crippen MR) is 76.4 cm³/mol. The molecule has 0 spiro atoms. The number of nitrogens with zero attached hydrogens (tertiary/aromatic N) is 1. The first-order valence-corrected chi connectivity index (χ1v) is 6.86. The molecule has 6 heteroatoms. The maximum Gasteiger partial charge on any atom is 0.253 e. The zero-order valence-electron chi connectivity index (χ0n) is 11.9. The van der Waals surface area contributed by atoms with Crippen LogP contribution in [0.5, 0.6) is 0 Å². The lowest BCUT2D eigenvalue weighted by Gasteiger charge is -2.19. The van der Waals surface area contributed by atoms with Gasteiger partial charge in [-0.05, 0) is 37.1 Å². The van der Waals surface area contributed by atoms with E-state index in [-0.39, 0.29) is 11.1 Å². The third-order valence-electron chi connectivity index (χ3n) is 3.89. The molecule has 22 heavy (non-hydrogen) atoms. The summed E-state index contributed by atoms with van der Waals surface area (Å²) in [6, 6.07) is 5.92. The van der Waals surface area contributed by atoms with Crippen LogP contribution in [0.1, 0.15) is 28.8 Å². The zero-order chi connectivity index (χ0) is 15.9. The van der Waals surface area contributed by atoms with Crippen LogP contribution in [0.4, 0.5) is 8.78 Å². The smallest absolute Gasteiger partial charge is 0.253 e. The van der Waals surface area contributed by atoms with Gasteiger partial charge < -0.3 is 9.88 Å². The van der Waals surface area contributed by atoms with Crippen LogP contribution in [-0.4, -0.2) is 10.5 Å². The molecule has 0 aliphatic heterocycles. The normalized spacial score (nSPS) is 15.4. The van der Waals surface area contributed by atoms with E-state index in [0.717, 1.165) is 18.2 Å². The van der Waals surface area contributed by atoms with Gasteiger partial charge in [-0.25, -0.2) is 8.78 Å². The van der Waals surface area contributed by atoms with E-state index in [1.165, 1.54) is 29.9 Å². The van der Waals surface area contributed by atoms with Crippen molar-refractivity contribution in [2.75, 3.05) is 0 Å². The van der Waals surface area contributed by atoms with Crippen molar-refractivity contribution in [2.24, 2.45) is 7.05 Å². The number of carbonyl (C=O) groups is 1. The molecule has 1 aliphatic carbocycles. The fourth-order valence-corrected chi connectivity index (χ4v) is 2.47. The molecule has 1 aromatic heterocycles. The van der Waals surface area contributed by atoms with Crippen LogP contribution in [0.3, 0.4) is 0 Å². The number of nitrogens with one attached hydrogen (secondary N) is 1. The van der Waals surface area contributed by atoms with Crippen LogP contribution in [0, 0.1) is 11.6 Å². The summed E-state index contributed by atoms with van der Waals surface area (Å²) in [5, 5.41) is 2.75. The van der Waals surface area contributed by atoms with Crippen molar-refractivity contribution < 1.29 is 13.6 Å². The molecule has 1 heterocycles. The Morgan fingerprint density at radius 3 is 2.59 bits per heavy atom. The van der Waals surface area contributed by atoms with Crippen LogP contribution in [0.15, 0.2) is 41.3 Å². The number of carbonyl (C=O) groups excluding carboxylic acids is 1. The summed E-state index contributed by atoms with van der Waals surface area (Å²) in [4.78, 5) is 23.6. The van der Waals surface area contributed by atoms with E-state index < -0.39 is 23.1 Å². The van der Waals surface area contributed by atoms with Gasteiger partial charge in [0.15, 0.2) is 0 Å². The summed E-state index contributed by atoms with van der Waals surface area (Å²) < 4.78 is 28.5. The second kappa shape index (κ2) is 5.05. The molecule has 1 amide bonds. The lowest BCUT2D eigenvalue weighted by Crippen LogP contribution is -2.36. The Hall–Kier alpha value is -2.50. The van der Waals surface area contributed by atoms with E-state index in [9.17, 15) is 18.4 Å². The van der Waals surface area contributed by atoms with Crippen LogP contribution in [-0.2, 0) is 12.6 Å². The molecular formula is C16H14F2N2O2. The quantitative estimate of drug-likeness (QED) is 0.944. The molecule has 0 saturated heterocycles. The second-order valence-corrected chi connectivity index (χ2v) is 5.53. The van der Waals surface area contributed by atoms with Gasteiger partial charge in [0.05, 0.1) is 11.1 Å². The van der Waals surface area contributed by atoms with E-state index in [4.69, 9.17) is 0 Å². The van der Waals surface area contributed by atoms with Gasteiger partial charge in [0.1, 0.15) is 11.6 Å².